The molecule has 0 bridgehead atoms. The van der Waals surface area contributed by atoms with Crippen LogP contribution in [0.2, 0.25) is 0 Å². The number of carbonyl (C=O) groups excluding carboxylic acids is 1. The molecular weight excluding hydrogens is 347 g/mol. The van der Waals surface area contributed by atoms with Crippen LogP contribution in [0, 0.1) is 19.7 Å². The third-order valence-electron chi connectivity index (χ3n) is 4.02. The van der Waals surface area contributed by atoms with Crippen LogP contribution in [0.3, 0.4) is 0 Å². The molecule has 2 aromatic rings. The third-order valence-corrected chi connectivity index (χ3v) is 5.33. The lowest BCUT2D eigenvalue weighted by molar-refractivity contribution is 0.0976. The number of carbonyl (C=O) groups is 1. The van der Waals surface area contributed by atoms with Crippen LogP contribution >= 0.6 is 0 Å². The largest absolute Gasteiger partial charge is 0.375 e. The maximum absolute atomic E-state index is 13.7. The first kappa shape index (κ1) is 17.5. The van der Waals surface area contributed by atoms with Crippen molar-refractivity contribution in [1.29, 1.82) is 0 Å². The number of amides is 1. The molecule has 2 heterocycles. The van der Waals surface area contributed by atoms with Gasteiger partial charge in [-0.2, -0.15) is 0 Å². The summed E-state index contributed by atoms with van der Waals surface area (Å²) in [5.74, 6) is -1.24. The fraction of sp³-hybridized carbons (Fsp3) is 0.294. The van der Waals surface area contributed by atoms with Crippen molar-refractivity contribution in [3.05, 3.63) is 58.2 Å². The molecule has 0 radical (unpaired) electrons. The molecule has 1 aliphatic rings. The van der Waals surface area contributed by atoms with Crippen LogP contribution in [0.4, 0.5) is 4.39 Å². The summed E-state index contributed by atoms with van der Waals surface area (Å²) in [6.07, 6.45) is 1.94. The molecule has 0 saturated carbocycles. The molecule has 6 nitrogen and oxygen atoms in total. The Bertz CT molecular complexity index is 934. The quantitative estimate of drug-likeness (QED) is 0.901. The fourth-order valence-corrected chi connectivity index (χ4v) is 3.81. The summed E-state index contributed by atoms with van der Waals surface area (Å²) in [6.45, 7) is 3.85. The van der Waals surface area contributed by atoms with E-state index in [0.29, 0.717) is 19.6 Å². The highest BCUT2D eigenvalue weighted by atomic mass is 32.2. The highest BCUT2D eigenvalue weighted by Crippen LogP contribution is 2.19. The average molecular weight is 364 g/mol. The number of fused-ring (bicyclic) bond motifs is 1. The summed E-state index contributed by atoms with van der Waals surface area (Å²) in [5.41, 5.74) is 2.16. The number of hydrogen-bond acceptors (Lipinski definition) is 5. The number of nitrogens with zero attached hydrogens (tertiary/aromatic N) is 1. The standard InChI is InChI=1S/C17H17FN2O4S/c1-10-5-14(6-11(2)16(10)18)25(22,23)20-17(21)13-7-12-3-4-24-9-15(12)19-8-13/h5-8H,3-4,9H2,1-2H3,(H,20,21). The Hall–Kier alpha value is -2.32. The summed E-state index contributed by atoms with van der Waals surface area (Å²) in [7, 11) is -4.11. The van der Waals surface area contributed by atoms with Gasteiger partial charge in [-0.1, -0.05) is 0 Å². The lowest BCUT2D eigenvalue weighted by Crippen LogP contribution is -2.31. The molecule has 1 amide bonds. The number of nitrogens with one attached hydrogen (secondary N) is 1. The van der Waals surface area contributed by atoms with Crippen molar-refractivity contribution < 1.29 is 22.3 Å². The Labute approximate surface area is 145 Å². The van der Waals surface area contributed by atoms with E-state index in [1.807, 2.05) is 4.72 Å². The minimum absolute atomic E-state index is 0.153. The molecule has 0 aliphatic carbocycles. The number of aromatic nitrogens is 1. The molecule has 0 fully saturated rings. The number of benzene rings is 1. The second-order valence-electron chi connectivity index (χ2n) is 5.94. The summed E-state index contributed by atoms with van der Waals surface area (Å²) in [4.78, 5) is 16.3. The van der Waals surface area contributed by atoms with Gasteiger partial charge in [-0.05, 0) is 55.2 Å². The van der Waals surface area contributed by atoms with E-state index in [9.17, 15) is 17.6 Å². The Kier molecular flexibility index (Phi) is 4.57. The van der Waals surface area contributed by atoms with Gasteiger partial charge < -0.3 is 4.74 Å². The van der Waals surface area contributed by atoms with Gasteiger partial charge in [0.2, 0.25) is 0 Å². The molecule has 8 heteroatoms. The highest BCUT2D eigenvalue weighted by molar-refractivity contribution is 7.90. The molecule has 1 N–H and O–H groups in total. The minimum Gasteiger partial charge on any atom is -0.375 e. The van der Waals surface area contributed by atoms with E-state index in [-0.39, 0.29) is 21.6 Å². The van der Waals surface area contributed by atoms with Crippen LogP contribution in [0.25, 0.3) is 0 Å². The average Bonchev–Trinajstić information content (AvgIpc) is 2.58. The van der Waals surface area contributed by atoms with E-state index in [1.54, 1.807) is 6.07 Å². The smallest absolute Gasteiger partial charge is 0.266 e. The molecule has 0 unspecified atom stereocenters. The minimum atomic E-state index is -4.11. The summed E-state index contributed by atoms with van der Waals surface area (Å²) >= 11 is 0. The zero-order valence-corrected chi connectivity index (χ0v) is 14.6. The molecule has 0 saturated heterocycles. The lowest BCUT2D eigenvalue weighted by Gasteiger charge is -2.16. The van der Waals surface area contributed by atoms with Gasteiger partial charge in [-0.15, -0.1) is 0 Å². The van der Waals surface area contributed by atoms with Gasteiger partial charge >= 0.3 is 0 Å². The van der Waals surface area contributed by atoms with Crippen molar-refractivity contribution in [3.63, 3.8) is 0 Å². The van der Waals surface area contributed by atoms with E-state index in [1.165, 1.54) is 32.2 Å². The third kappa shape index (κ3) is 3.54. The zero-order chi connectivity index (χ0) is 18.2. The molecule has 25 heavy (non-hydrogen) atoms. The van der Waals surface area contributed by atoms with Gasteiger partial charge in [0, 0.05) is 6.20 Å². The van der Waals surface area contributed by atoms with Crippen molar-refractivity contribution in [2.45, 2.75) is 31.8 Å². The first-order chi connectivity index (χ1) is 11.8. The summed E-state index contributed by atoms with van der Waals surface area (Å²) in [6, 6.07) is 4.01. The van der Waals surface area contributed by atoms with E-state index >= 15 is 0 Å². The van der Waals surface area contributed by atoms with Crippen LogP contribution in [-0.4, -0.2) is 25.9 Å². The maximum Gasteiger partial charge on any atom is 0.266 e. The number of ether oxygens (including phenoxy) is 1. The number of halogens is 1. The normalized spacial score (nSPS) is 14.0. The monoisotopic (exact) mass is 364 g/mol. The van der Waals surface area contributed by atoms with Crippen molar-refractivity contribution in [2.24, 2.45) is 0 Å². The Morgan fingerprint density at radius 3 is 2.60 bits per heavy atom. The predicted octanol–water partition coefficient (Wildman–Crippen LogP) is 2.03. The predicted molar refractivity (Wildman–Crippen MR) is 88.1 cm³/mol. The number of hydrogen-bond donors (Lipinski definition) is 1. The first-order valence-corrected chi connectivity index (χ1v) is 9.15. The molecule has 1 aromatic carbocycles. The Morgan fingerprint density at radius 2 is 1.92 bits per heavy atom. The second kappa shape index (κ2) is 6.53. The van der Waals surface area contributed by atoms with E-state index < -0.39 is 21.7 Å². The van der Waals surface area contributed by atoms with Crippen molar-refractivity contribution >= 4 is 15.9 Å². The SMILES string of the molecule is Cc1cc(S(=O)(=O)NC(=O)c2cnc3c(c2)CCOC3)cc(C)c1F. The fourth-order valence-electron chi connectivity index (χ4n) is 2.66. The Balaban J connectivity index is 1.87. The topological polar surface area (TPSA) is 85.4 Å². The van der Waals surface area contributed by atoms with Crippen LogP contribution in [-0.2, 0) is 27.8 Å². The van der Waals surface area contributed by atoms with Gasteiger partial charge in [0.1, 0.15) is 5.82 Å². The maximum atomic E-state index is 13.7. The summed E-state index contributed by atoms with van der Waals surface area (Å²) < 4.78 is 45.8. The van der Waals surface area contributed by atoms with Crippen LogP contribution < -0.4 is 4.72 Å². The lowest BCUT2D eigenvalue weighted by atomic mass is 10.1. The van der Waals surface area contributed by atoms with E-state index in [4.69, 9.17) is 4.74 Å². The van der Waals surface area contributed by atoms with Crippen molar-refractivity contribution in [3.8, 4) is 0 Å². The molecule has 0 spiro atoms. The van der Waals surface area contributed by atoms with Crippen molar-refractivity contribution in [2.75, 3.05) is 6.61 Å². The van der Waals surface area contributed by atoms with Crippen LogP contribution in [0.5, 0.6) is 0 Å². The van der Waals surface area contributed by atoms with Crippen molar-refractivity contribution in [1.82, 2.24) is 9.71 Å². The first-order valence-electron chi connectivity index (χ1n) is 7.67. The molecular formula is C17H17FN2O4S. The molecule has 3 rings (SSSR count). The van der Waals surface area contributed by atoms with Gasteiger partial charge in [-0.25, -0.2) is 17.5 Å². The number of pyridine rings is 1. The Morgan fingerprint density at radius 1 is 1.24 bits per heavy atom. The molecule has 0 atom stereocenters. The molecule has 1 aromatic heterocycles. The number of aryl methyl sites for hydroxylation is 2. The van der Waals surface area contributed by atoms with Crippen LogP contribution in [0.1, 0.15) is 32.7 Å². The van der Waals surface area contributed by atoms with Crippen LogP contribution in [0.15, 0.2) is 29.3 Å². The zero-order valence-electron chi connectivity index (χ0n) is 13.8. The second-order valence-corrected chi connectivity index (χ2v) is 7.62. The van der Waals surface area contributed by atoms with E-state index in [0.717, 1.165) is 11.3 Å². The van der Waals surface area contributed by atoms with Gasteiger partial charge in [0.05, 0.1) is 29.4 Å². The number of sulfonamides is 1. The summed E-state index contributed by atoms with van der Waals surface area (Å²) in [5, 5.41) is 0. The molecule has 132 valence electrons. The van der Waals surface area contributed by atoms with E-state index in [2.05, 4.69) is 4.98 Å². The highest BCUT2D eigenvalue weighted by Gasteiger charge is 2.22. The van der Waals surface area contributed by atoms with Gasteiger partial charge in [0.25, 0.3) is 15.9 Å². The number of rotatable bonds is 3. The molecule has 1 aliphatic heterocycles. The van der Waals surface area contributed by atoms with Gasteiger partial charge in [-0.3, -0.25) is 9.78 Å². The van der Waals surface area contributed by atoms with Gasteiger partial charge in [0.15, 0.2) is 0 Å².